The molecule has 0 fully saturated rings. The third-order valence-corrected chi connectivity index (χ3v) is 2.31. The van der Waals surface area contributed by atoms with Crippen LogP contribution in [0.5, 0.6) is 0 Å². The standard InChI is InChI=1S/C9H15NS/c1-2-3-4-5-6-9-7-11-8-10-9/h7-8H,2-6H2,1H3/i8D. The van der Waals surface area contributed by atoms with E-state index in [2.05, 4.69) is 11.9 Å². The Labute approximate surface area is 73.9 Å². The van der Waals surface area contributed by atoms with E-state index in [0.29, 0.717) is 5.49 Å². The maximum absolute atomic E-state index is 7.24. The maximum atomic E-state index is 7.24. The van der Waals surface area contributed by atoms with Crippen LogP contribution in [0.25, 0.3) is 0 Å². The number of aromatic nitrogens is 1. The van der Waals surface area contributed by atoms with Gasteiger partial charge in [-0.2, -0.15) is 0 Å². The number of unbranched alkanes of at least 4 members (excludes halogenated alkanes) is 3. The second kappa shape index (κ2) is 5.30. The Morgan fingerprint density at radius 2 is 2.45 bits per heavy atom. The van der Waals surface area contributed by atoms with Crippen LogP contribution in [0, 0.1) is 0 Å². The molecule has 62 valence electrons. The van der Waals surface area contributed by atoms with Crippen LogP contribution in [0.4, 0.5) is 0 Å². The normalized spacial score (nSPS) is 11.5. The summed E-state index contributed by atoms with van der Waals surface area (Å²) in [6.07, 6.45) is 6.16. The van der Waals surface area contributed by atoms with Crippen LogP contribution in [0.3, 0.4) is 0 Å². The molecule has 0 saturated carbocycles. The monoisotopic (exact) mass is 170 g/mol. The van der Waals surface area contributed by atoms with Crippen LogP contribution >= 0.6 is 11.3 Å². The maximum Gasteiger partial charge on any atom is 0.0960 e. The molecule has 0 radical (unpaired) electrons. The quantitative estimate of drug-likeness (QED) is 0.618. The Balaban J connectivity index is 2.15. The van der Waals surface area contributed by atoms with Gasteiger partial charge in [0.25, 0.3) is 0 Å². The molecule has 2 heteroatoms. The summed E-state index contributed by atoms with van der Waals surface area (Å²) in [5, 5.41) is 1.99. The SMILES string of the molecule is [2H]c1nc(CCCCCC)cs1. The van der Waals surface area contributed by atoms with Gasteiger partial charge in [-0.3, -0.25) is 0 Å². The van der Waals surface area contributed by atoms with E-state index in [4.69, 9.17) is 1.37 Å². The molecule has 1 rings (SSSR count). The van der Waals surface area contributed by atoms with Crippen LogP contribution < -0.4 is 0 Å². The van der Waals surface area contributed by atoms with Crippen LogP contribution in [-0.2, 0) is 6.42 Å². The molecular formula is C9H15NS. The van der Waals surface area contributed by atoms with E-state index in [9.17, 15) is 0 Å². The largest absolute Gasteiger partial charge is 0.250 e. The van der Waals surface area contributed by atoms with Gasteiger partial charge >= 0.3 is 0 Å². The summed E-state index contributed by atoms with van der Waals surface area (Å²) in [5.74, 6) is 0. The first kappa shape index (κ1) is 7.29. The highest BCUT2D eigenvalue weighted by atomic mass is 32.1. The lowest BCUT2D eigenvalue weighted by atomic mass is 10.1. The number of thiazole rings is 1. The topological polar surface area (TPSA) is 12.9 Å². The van der Waals surface area contributed by atoms with Gasteiger partial charge in [-0.1, -0.05) is 26.2 Å². The van der Waals surface area contributed by atoms with Crippen LogP contribution in [0.15, 0.2) is 10.9 Å². The highest BCUT2D eigenvalue weighted by molar-refractivity contribution is 7.07. The van der Waals surface area contributed by atoms with Gasteiger partial charge in [0.05, 0.1) is 12.6 Å². The molecule has 1 aromatic rings. The Morgan fingerprint density at radius 3 is 3.09 bits per heavy atom. The molecule has 1 nitrogen and oxygen atoms in total. The Bertz CT molecular complexity index is 222. The molecular weight excluding hydrogens is 154 g/mol. The zero-order chi connectivity index (χ0) is 8.81. The molecule has 0 bridgehead atoms. The molecule has 0 aliphatic heterocycles. The predicted octanol–water partition coefficient (Wildman–Crippen LogP) is 3.27. The molecule has 0 unspecified atom stereocenters. The van der Waals surface area contributed by atoms with Crippen molar-refractivity contribution in [3.05, 3.63) is 16.6 Å². The Kier molecular flexibility index (Phi) is 3.51. The zero-order valence-corrected chi connectivity index (χ0v) is 7.78. The van der Waals surface area contributed by atoms with Crippen molar-refractivity contribution in [2.75, 3.05) is 0 Å². The average molecular weight is 170 g/mol. The Morgan fingerprint density at radius 1 is 1.55 bits per heavy atom. The van der Waals surface area contributed by atoms with Crippen molar-refractivity contribution < 1.29 is 1.37 Å². The highest BCUT2D eigenvalue weighted by Gasteiger charge is 1.93. The molecule has 0 aromatic carbocycles. The van der Waals surface area contributed by atoms with E-state index >= 15 is 0 Å². The van der Waals surface area contributed by atoms with E-state index in [-0.39, 0.29) is 0 Å². The molecule has 1 heterocycles. The van der Waals surface area contributed by atoms with Crippen molar-refractivity contribution in [2.24, 2.45) is 0 Å². The van der Waals surface area contributed by atoms with Crippen molar-refractivity contribution >= 4 is 11.3 Å². The summed E-state index contributed by atoms with van der Waals surface area (Å²) < 4.78 is 7.24. The van der Waals surface area contributed by atoms with Gasteiger partial charge in [-0.05, 0) is 12.8 Å². The molecule has 0 atom stereocenters. The number of aryl methyl sites for hydroxylation is 1. The van der Waals surface area contributed by atoms with Crippen molar-refractivity contribution in [2.45, 2.75) is 39.0 Å². The van der Waals surface area contributed by atoms with Crippen molar-refractivity contribution in [1.82, 2.24) is 4.98 Å². The van der Waals surface area contributed by atoms with Gasteiger partial charge in [0.15, 0.2) is 0 Å². The van der Waals surface area contributed by atoms with E-state index in [1.807, 2.05) is 5.38 Å². The summed E-state index contributed by atoms with van der Waals surface area (Å²) in [6.45, 7) is 2.21. The first-order valence-electron chi connectivity index (χ1n) is 4.74. The van der Waals surface area contributed by atoms with E-state index in [0.717, 1.165) is 12.1 Å². The first-order valence-corrected chi connectivity index (χ1v) is 5.12. The number of rotatable bonds is 5. The summed E-state index contributed by atoms with van der Waals surface area (Å²) >= 11 is 1.42. The fourth-order valence-electron chi connectivity index (χ4n) is 1.05. The molecule has 1 aromatic heterocycles. The van der Waals surface area contributed by atoms with Gasteiger partial charge in [0, 0.05) is 5.38 Å². The molecule has 0 aliphatic rings. The molecule has 0 amide bonds. The number of hydrogen-bond donors (Lipinski definition) is 0. The van der Waals surface area contributed by atoms with Gasteiger partial charge in [-0.25, -0.2) is 4.98 Å². The molecule has 0 spiro atoms. The highest BCUT2D eigenvalue weighted by Crippen LogP contribution is 2.07. The summed E-state index contributed by atoms with van der Waals surface area (Å²) in [6, 6.07) is 0. The second-order valence-electron chi connectivity index (χ2n) is 2.74. The van der Waals surface area contributed by atoms with E-state index in [1.54, 1.807) is 0 Å². The summed E-state index contributed by atoms with van der Waals surface area (Å²) in [5.41, 5.74) is 1.54. The average Bonchev–Trinajstić information content (AvgIpc) is 2.45. The number of hydrogen-bond acceptors (Lipinski definition) is 2. The molecule has 0 aliphatic carbocycles. The minimum absolute atomic E-state index is 0.445. The minimum Gasteiger partial charge on any atom is -0.250 e. The van der Waals surface area contributed by atoms with Gasteiger partial charge < -0.3 is 0 Å². The lowest BCUT2D eigenvalue weighted by Gasteiger charge is -1.95. The van der Waals surface area contributed by atoms with Gasteiger partial charge in [0.1, 0.15) is 0 Å². The van der Waals surface area contributed by atoms with Crippen LogP contribution in [0.1, 0.15) is 39.7 Å². The minimum atomic E-state index is 0.445. The van der Waals surface area contributed by atoms with Gasteiger partial charge in [-0.15, -0.1) is 11.3 Å². The Hall–Kier alpha value is -0.370. The first-order chi connectivity index (χ1) is 5.83. The van der Waals surface area contributed by atoms with Crippen LogP contribution in [0.2, 0.25) is 0 Å². The zero-order valence-electron chi connectivity index (χ0n) is 7.97. The van der Waals surface area contributed by atoms with Crippen molar-refractivity contribution in [3.8, 4) is 0 Å². The third kappa shape index (κ3) is 3.51. The lowest BCUT2D eigenvalue weighted by molar-refractivity contribution is 0.662. The lowest BCUT2D eigenvalue weighted by Crippen LogP contribution is -1.84. The molecule has 11 heavy (non-hydrogen) atoms. The van der Waals surface area contributed by atoms with E-state index < -0.39 is 0 Å². The fourth-order valence-corrected chi connectivity index (χ4v) is 1.58. The van der Waals surface area contributed by atoms with Gasteiger partial charge in [0.2, 0.25) is 0 Å². The summed E-state index contributed by atoms with van der Waals surface area (Å²) in [4.78, 5) is 4.09. The summed E-state index contributed by atoms with van der Waals surface area (Å²) in [7, 11) is 0. The third-order valence-electron chi connectivity index (χ3n) is 1.72. The fraction of sp³-hybridized carbons (Fsp3) is 0.667. The van der Waals surface area contributed by atoms with Crippen LogP contribution in [-0.4, -0.2) is 4.98 Å². The van der Waals surface area contributed by atoms with E-state index in [1.165, 1.54) is 37.0 Å². The second-order valence-corrected chi connectivity index (χ2v) is 3.39. The molecule has 0 N–H and O–H groups in total. The predicted molar refractivity (Wildman–Crippen MR) is 50.0 cm³/mol. The molecule has 0 saturated heterocycles. The smallest absolute Gasteiger partial charge is 0.0960 e. The van der Waals surface area contributed by atoms with Crippen molar-refractivity contribution in [1.29, 1.82) is 0 Å². The van der Waals surface area contributed by atoms with Crippen molar-refractivity contribution in [3.63, 3.8) is 0 Å². The number of nitrogens with zero attached hydrogens (tertiary/aromatic N) is 1.